The molecule has 0 saturated carbocycles. The summed E-state index contributed by atoms with van der Waals surface area (Å²) in [5, 5.41) is 0. The van der Waals surface area contributed by atoms with Crippen LogP contribution in [0.2, 0.25) is 0 Å². The molecule has 0 heterocycles. The molecule has 2 N–H and O–H groups in total. The van der Waals surface area contributed by atoms with Gasteiger partial charge in [0, 0.05) is 5.56 Å². The third-order valence-corrected chi connectivity index (χ3v) is 3.39. The largest absolute Gasteiger partial charge is 0.497 e. The van der Waals surface area contributed by atoms with E-state index in [-0.39, 0.29) is 0 Å². The van der Waals surface area contributed by atoms with Crippen molar-refractivity contribution in [3.05, 3.63) is 54.1 Å². The lowest BCUT2D eigenvalue weighted by molar-refractivity contribution is -0.128. The first-order valence-electron chi connectivity index (χ1n) is 7.58. The Morgan fingerprint density at radius 3 is 1.80 bits per heavy atom. The topological polar surface area (TPSA) is 85.9 Å². The number of carbonyl (C=O) groups excluding carboxylic acids is 2. The number of carbonyl (C=O) groups is 2. The Morgan fingerprint density at radius 1 is 0.800 bits per heavy atom. The fourth-order valence-corrected chi connectivity index (χ4v) is 1.95. The lowest BCUT2D eigenvalue weighted by Crippen LogP contribution is -2.47. The number of amides is 2. The Labute approximate surface area is 145 Å². The van der Waals surface area contributed by atoms with Gasteiger partial charge in [0.15, 0.2) is 6.10 Å². The summed E-state index contributed by atoms with van der Waals surface area (Å²) in [4.78, 5) is 24.0. The van der Waals surface area contributed by atoms with Crippen LogP contribution in [0.4, 0.5) is 0 Å². The molecule has 0 aliphatic heterocycles. The highest BCUT2D eigenvalue weighted by Gasteiger charge is 2.16. The monoisotopic (exact) mass is 344 g/mol. The Balaban J connectivity index is 1.84. The predicted octanol–water partition coefficient (Wildman–Crippen LogP) is 1.93. The van der Waals surface area contributed by atoms with Crippen molar-refractivity contribution in [2.45, 2.75) is 13.0 Å². The Kier molecular flexibility index (Phi) is 6.22. The van der Waals surface area contributed by atoms with E-state index in [0.29, 0.717) is 22.8 Å². The van der Waals surface area contributed by atoms with Crippen molar-refractivity contribution in [3.8, 4) is 17.2 Å². The van der Waals surface area contributed by atoms with E-state index in [1.54, 1.807) is 69.7 Å². The third kappa shape index (κ3) is 5.13. The number of ether oxygens (including phenoxy) is 3. The van der Waals surface area contributed by atoms with Crippen LogP contribution in [0.5, 0.6) is 17.2 Å². The lowest BCUT2D eigenvalue weighted by atomic mass is 10.2. The summed E-state index contributed by atoms with van der Waals surface area (Å²) in [6.07, 6.45) is -0.787. The maximum atomic E-state index is 12.0. The van der Waals surface area contributed by atoms with Crippen LogP contribution < -0.4 is 25.1 Å². The number of hydrogen-bond donors (Lipinski definition) is 2. The molecular weight excluding hydrogens is 324 g/mol. The summed E-state index contributed by atoms with van der Waals surface area (Å²) in [7, 11) is 3.11. The van der Waals surface area contributed by atoms with E-state index in [4.69, 9.17) is 14.2 Å². The minimum atomic E-state index is -0.787. The van der Waals surface area contributed by atoms with E-state index in [9.17, 15) is 9.59 Å². The zero-order valence-electron chi connectivity index (χ0n) is 14.2. The molecule has 7 nitrogen and oxygen atoms in total. The van der Waals surface area contributed by atoms with E-state index >= 15 is 0 Å². The quantitative estimate of drug-likeness (QED) is 0.782. The Bertz CT molecular complexity index is 713. The summed E-state index contributed by atoms with van der Waals surface area (Å²) < 4.78 is 15.6. The van der Waals surface area contributed by atoms with Crippen molar-refractivity contribution in [1.82, 2.24) is 10.9 Å². The van der Waals surface area contributed by atoms with Crippen LogP contribution in [0.1, 0.15) is 17.3 Å². The number of rotatable bonds is 6. The average Bonchev–Trinajstić information content (AvgIpc) is 2.66. The van der Waals surface area contributed by atoms with E-state index in [1.807, 2.05) is 0 Å². The molecule has 0 aliphatic rings. The van der Waals surface area contributed by atoms with Crippen molar-refractivity contribution in [2.75, 3.05) is 14.2 Å². The van der Waals surface area contributed by atoms with E-state index in [0.717, 1.165) is 0 Å². The molecule has 25 heavy (non-hydrogen) atoms. The number of benzene rings is 2. The zero-order valence-corrected chi connectivity index (χ0v) is 14.2. The molecule has 132 valence electrons. The smallest absolute Gasteiger partial charge is 0.279 e. The van der Waals surface area contributed by atoms with Gasteiger partial charge in [-0.15, -0.1) is 0 Å². The molecule has 0 aromatic heterocycles. The molecule has 1 unspecified atom stereocenters. The zero-order chi connectivity index (χ0) is 18.2. The third-order valence-electron chi connectivity index (χ3n) is 3.39. The van der Waals surface area contributed by atoms with Gasteiger partial charge in [-0.1, -0.05) is 0 Å². The van der Waals surface area contributed by atoms with E-state index in [2.05, 4.69) is 10.9 Å². The van der Waals surface area contributed by atoms with Gasteiger partial charge < -0.3 is 14.2 Å². The summed E-state index contributed by atoms with van der Waals surface area (Å²) in [6.45, 7) is 1.58. The maximum absolute atomic E-state index is 12.0. The first-order chi connectivity index (χ1) is 12.0. The first-order valence-corrected chi connectivity index (χ1v) is 7.58. The van der Waals surface area contributed by atoms with Gasteiger partial charge >= 0.3 is 0 Å². The minimum absolute atomic E-state index is 0.393. The number of nitrogens with one attached hydrogen (secondary N) is 2. The van der Waals surface area contributed by atoms with Crippen LogP contribution in [0.3, 0.4) is 0 Å². The molecule has 2 aromatic carbocycles. The van der Waals surface area contributed by atoms with E-state index in [1.165, 1.54) is 0 Å². The maximum Gasteiger partial charge on any atom is 0.279 e. The fraction of sp³-hybridized carbons (Fsp3) is 0.222. The Morgan fingerprint density at radius 2 is 1.28 bits per heavy atom. The van der Waals surface area contributed by atoms with Crippen LogP contribution in [-0.4, -0.2) is 32.1 Å². The van der Waals surface area contributed by atoms with Gasteiger partial charge in [-0.2, -0.15) is 0 Å². The summed E-state index contributed by atoms with van der Waals surface area (Å²) in [6, 6.07) is 13.3. The lowest BCUT2D eigenvalue weighted by Gasteiger charge is -2.15. The molecule has 7 heteroatoms. The molecule has 0 fully saturated rings. The first kappa shape index (κ1) is 18.1. The number of hydrazine groups is 1. The molecular formula is C18H20N2O5. The SMILES string of the molecule is COc1ccc(OC(C)C(=O)NNC(=O)c2ccc(OC)cc2)cc1. The van der Waals surface area contributed by atoms with Gasteiger partial charge in [0.1, 0.15) is 17.2 Å². The van der Waals surface area contributed by atoms with Gasteiger partial charge in [-0.3, -0.25) is 20.4 Å². The van der Waals surface area contributed by atoms with Gasteiger partial charge in [0.2, 0.25) is 0 Å². The van der Waals surface area contributed by atoms with Crippen LogP contribution in [0.15, 0.2) is 48.5 Å². The molecule has 0 aliphatic carbocycles. The van der Waals surface area contributed by atoms with Crippen LogP contribution in [0, 0.1) is 0 Å². The second-order valence-electron chi connectivity index (χ2n) is 5.11. The molecule has 0 spiro atoms. The molecule has 2 amide bonds. The van der Waals surface area contributed by atoms with Gasteiger partial charge in [-0.25, -0.2) is 0 Å². The molecule has 2 rings (SSSR count). The van der Waals surface area contributed by atoms with Crippen molar-refractivity contribution in [3.63, 3.8) is 0 Å². The van der Waals surface area contributed by atoms with Crippen LogP contribution in [0.25, 0.3) is 0 Å². The van der Waals surface area contributed by atoms with Gasteiger partial charge in [0.25, 0.3) is 11.8 Å². The standard InChI is InChI=1S/C18H20N2O5/c1-12(25-16-10-8-15(24-3)9-11-16)17(21)19-20-18(22)13-4-6-14(23-2)7-5-13/h4-12H,1-3H3,(H,19,21)(H,20,22). The van der Waals surface area contributed by atoms with Gasteiger partial charge in [0.05, 0.1) is 14.2 Å². The number of methoxy groups -OCH3 is 2. The van der Waals surface area contributed by atoms with E-state index < -0.39 is 17.9 Å². The highest BCUT2D eigenvalue weighted by atomic mass is 16.5. The average molecular weight is 344 g/mol. The molecule has 0 bridgehead atoms. The highest BCUT2D eigenvalue weighted by Crippen LogP contribution is 2.18. The van der Waals surface area contributed by atoms with Crippen molar-refractivity contribution >= 4 is 11.8 Å². The van der Waals surface area contributed by atoms with Crippen molar-refractivity contribution < 1.29 is 23.8 Å². The number of hydrogen-bond acceptors (Lipinski definition) is 5. The predicted molar refractivity (Wildman–Crippen MR) is 91.7 cm³/mol. The summed E-state index contributed by atoms with van der Waals surface area (Å²) in [5.74, 6) is 0.938. The normalized spacial score (nSPS) is 11.2. The second-order valence-corrected chi connectivity index (χ2v) is 5.11. The fourth-order valence-electron chi connectivity index (χ4n) is 1.95. The molecule has 0 radical (unpaired) electrons. The van der Waals surface area contributed by atoms with Crippen molar-refractivity contribution in [2.24, 2.45) is 0 Å². The highest BCUT2D eigenvalue weighted by molar-refractivity contribution is 5.95. The van der Waals surface area contributed by atoms with Crippen LogP contribution in [-0.2, 0) is 4.79 Å². The summed E-state index contributed by atoms with van der Waals surface area (Å²) >= 11 is 0. The molecule has 1 atom stereocenters. The Hall–Kier alpha value is -3.22. The molecule has 2 aromatic rings. The van der Waals surface area contributed by atoms with Crippen LogP contribution >= 0.6 is 0 Å². The van der Waals surface area contributed by atoms with Crippen molar-refractivity contribution in [1.29, 1.82) is 0 Å². The minimum Gasteiger partial charge on any atom is -0.497 e. The summed E-state index contributed by atoms with van der Waals surface area (Å²) in [5.41, 5.74) is 5.07. The van der Waals surface area contributed by atoms with Gasteiger partial charge in [-0.05, 0) is 55.5 Å². The second kappa shape index (κ2) is 8.58. The molecule has 0 saturated heterocycles.